The summed E-state index contributed by atoms with van der Waals surface area (Å²) in [5, 5.41) is 7.49. The van der Waals surface area contributed by atoms with E-state index in [0.29, 0.717) is 23.4 Å². The monoisotopic (exact) mass is 308 g/mol. The van der Waals surface area contributed by atoms with Gasteiger partial charge in [-0.1, -0.05) is 12.1 Å². The molecule has 2 N–H and O–H groups in total. The maximum atomic E-state index is 14.0. The number of aromatic nitrogens is 5. The van der Waals surface area contributed by atoms with E-state index < -0.39 is 0 Å². The van der Waals surface area contributed by atoms with Gasteiger partial charge >= 0.3 is 0 Å². The number of halogens is 1. The number of hydrogen-bond acceptors (Lipinski definition) is 4. The molecule has 0 saturated carbocycles. The van der Waals surface area contributed by atoms with Crippen LogP contribution in [0.25, 0.3) is 16.9 Å². The summed E-state index contributed by atoms with van der Waals surface area (Å²) >= 11 is 0. The molecule has 114 valence electrons. The fraction of sp³-hybridized carbons (Fsp3) is 0.0625. The normalized spacial score (nSPS) is 11.0. The molecule has 4 aromatic rings. The molecule has 0 spiro atoms. The van der Waals surface area contributed by atoms with Crippen molar-refractivity contribution >= 4 is 11.5 Å². The van der Waals surface area contributed by atoms with Crippen LogP contribution in [0, 0.1) is 5.82 Å². The van der Waals surface area contributed by atoms with Crippen molar-refractivity contribution in [2.45, 2.75) is 6.54 Å². The summed E-state index contributed by atoms with van der Waals surface area (Å²) in [5.74, 6) is 1.21. The molecule has 0 aliphatic heterocycles. The number of H-pyrrole nitrogens is 1. The van der Waals surface area contributed by atoms with E-state index in [4.69, 9.17) is 0 Å². The highest BCUT2D eigenvalue weighted by molar-refractivity contribution is 5.66. The predicted octanol–water partition coefficient (Wildman–Crippen LogP) is 2.87. The fourth-order valence-electron chi connectivity index (χ4n) is 2.41. The van der Waals surface area contributed by atoms with Crippen molar-refractivity contribution in [2.24, 2.45) is 0 Å². The van der Waals surface area contributed by atoms with Crippen molar-refractivity contribution in [3.63, 3.8) is 0 Å². The molecular formula is C16H13FN6. The summed E-state index contributed by atoms with van der Waals surface area (Å²) in [5.41, 5.74) is 1.66. The Morgan fingerprint density at radius 1 is 1.17 bits per heavy atom. The number of imidazole rings is 1. The topological polar surface area (TPSA) is 70.9 Å². The standard InChI is InChI=1S/C16H13FN6/c17-12-4-2-1-3-11(12)13-9-16(20-10-14-18-7-8-19-14)23-15(22-13)5-6-21-23/h1-9,20H,10H2,(H,18,19). The Balaban J connectivity index is 1.77. The summed E-state index contributed by atoms with van der Waals surface area (Å²) in [7, 11) is 0. The number of anilines is 1. The third-order valence-corrected chi connectivity index (χ3v) is 3.50. The van der Waals surface area contributed by atoms with E-state index in [1.165, 1.54) is 6.07 Å². The van der Waals surface area contributed by atoms with Gasteiger partial charge in [-0.15, -0.1) is 0 Å². The van der Waals surface area contributed by atoms with Gasteiger partial charge in [0.05, 0.1) is 18.4 Å². The second-order valence-corrected chi connectivity index (χ2v) is 5.00. The van der Waals surface area contributed by atoms with Gasteiger partial charge in [-0.2, -0.15) is 9.61 Å². The Bertz CT molecular complexity index is 944. The zero-order valence-corrected chi connectivity index (χ0v) is 12.1. The number of fused-ring (bicyclic) bond motifs is 1. The van der Waals surface area contributed by atoms with Gasteiger partial charge in [-0.25, -0.2) is 14.4 Å². The van der Waals surface area contributed by atoms with Crippen molar-refractivity contribution in [3.05, 3.63) is 66.6 Å². The number of hydrogen-bond donors (Lipinski definition) is 2. The Labute approximate surface area is 131 Å². The minimum Gasteiger partial charge on any atom is -0.363 e. The second kappa shape index (κ2) is 5.53. The van der Waals surface area contributed by atoms with E-state index in [1.54, 1.807) is 53.4 Å². The molecule has 3 aromatic heterocycles. The van der Waals surface area contributed by atoms with Crippen LogP contribution in [0.4, 0.5) is 10.2 Å². The van der Waals surface area contributed by atoms with Gasteiger partial charge in [0.2, 0.25) is 0 Å². The number of nitrogens with one attached hydrogen (secondary N) is 2. The van der Waals surface area contributed by atoms with E-state index in [0.717, 1.165) is 11.6 Å². The van der Waals surface area contributed by atoms with Gasteiger partial charge in [0.15, 0.2) is 5.65 Å². The van der Waals surface area contributed by atoms with E-state index in [2.05, 4.69) is 25.4 Å². The molecule has 7 heteroatoms. The average molecular weight is 308 g/mol. The SMILES string of the molecule is Fc1ccccc1-c1cc(NCc2ncc[nH]2)n2nccc2n1. The average Bonchev–Trinajstić information content (AvgIpc) is 3.24. The second-order valence-electron chi connectivity index (χ2n) is 5.00. The lowest BCUT2D eigenvalue weighted by Gasteiger charge is -2.10. The quantitative estimate of drug-likeness (QED) is 0.608. The Kier molecular flexibility index (Phi) is 3.23. The third kappa shape index (κ3) is 2.52. The molecule has 0 bridgehead atoms. The van der Waals surface area contributed by atoms with Gasteiger partial charge in [0, 0.05) is 30.1 Å². The van der Waals surface area contributed by atoms with E-state index in [1.807, 2.05) is 0 Å². The summed E-state index contributed by atoms with van der Waals surface area (Å²) in [6, 6.07) is 10.1. The molecular weight excluding hydrogens is 295 g/mol. The van der Waals surface area contributed by atoms with E-state index in [9.17, 15) is 4.39 Å². The van der Waals surface area contributed by atoms with Crippen LogP contribution in [-0.4, -0.2) is 24.6 Å². The maximum Gasteiger partial charge on any atom is 0.157 e. The molecule has 0 amide bonds. The van der Waals surface area contributed by atoms with Crippen molar-refractivity contribution in [2.75, 3.05) is 5.32 Å². The van der Waals surface area contributed by atoms with Crippen LogP contribution in [0.15, 0.2) is 55.0 Å². The first kappa shape index (κ1) is 13.4. The maximum absolute atomic E-state index is 14.0. The molecule has 0 aliphatic carbocycles. The van der Waals surface area contributed by atoms with Gasteiger partial charge in [0.1, 0.15) is 17.5 Å². The van der Waals surface area contributed by atoms with Crippen molar-refractivity contribution in [1.82, 2.24) is 24.6 Å². The lowest BCUT2D eigenvalue weighted by Crippen LogP contribution is -2.07. The first-order valence-electron chi connectivity index (χ1n) is 7.13. The lowest BCUT2D eigenvalue weighted by atomic mass is 10.1. The molecule has 3 heterocycles. The predicted molar refractivity (Wildman–Crippen MR) is 84.3 cm³/mol. The van der Waals surface area contributed by atoms with Gasteiger partial charge in [-0.05, 0) is 12.1 Å². The molecule has 0 aliphatic rings. The van der Waals surface area contributed by atoms with Crippen LogP contribution >= 0.6 is 0 Å². The van der Waals surface area contributed by atoms with Crippen LogP contribution in [0.5, 0.6) is 0 Å². The van der Waals surface area contributed by atoms with Gasteiger partial charge < -0.3 is 10.3 Å². The highest BCUT2D eigenvalue weighted by Crippen LogP contribution is 2.24. The van der Waals surface area contributed by atoms with Crippen LogP contribution < -0.4 is 5.32 Å². The molecule has 0 radical (unpaired) electrons. The Hall–Kier alpha value is -3.22. The van der Waals surface area contributed by atoms with E-state index in [-0.39, 0.29) is 5.82 Å². The van der Waals surface area contributed by atoms with E-state index >= 15 is 0 Å². The highest BCUT2D eigenvalue weighted by Gasteiger charge is 2.11. The number of benzene rings is 1. The van der Waals surface area contributed by atoms with Crippen molar-refractivity contribution < 1.29 is 4.39 Å². The minimum atomic E-state index is -0.305. The van der Waals surface area contributed by atoms with Crippen LogP contribution in [0.3, 0.4) is 0 Å². The molecule has 4 rings (SSSR count). The van der Waals surface area contributed by atoms with Crippen LogP contribution in [-0.2, 0) is 6.54 Å². The van der Waals surface area contributed by atoms with Crippen LogP contribution in [0.2, 0.25) is 0 Å². The summed E-state index contributed by atoms with van der Waals surface area (Å²) in [4.78, 5) is 11.7. The summed E-state index contributed by atoms with van der Waals surface area (Å²) in [6.45, 7) is 0.503. The van der Waals surface area contributed by atoms with Crippen molar-refractivity contribution in [3.8, 4) is 11.3 Å². The smallest absolute Gasteiger partial charge is 0.157 e. The van der Waals surface area contributed by atoms with Crippen LogP contribution in [0.1, 0.15) is 5.82 Å². The van der Waals surface area contributed by atoms with Gasteiger partial charge in [-0.3, -0.25) is 0 Å². The molecule has 6 nitrogen and oxygen atoms in total. The molecule has 0 atom stereocenters. The number of nitrogens with zero attached hydrogens (tertiary/aromatic N) is 4. The third-order valence-electron chi connectivity index (χ3n) is 3.50. The summed E-state index contributed by atoms with van der Waals surface area (Å²) < 4.78 is 15.7. The minimum absolute atomic E-state index is 0.305. The fourth-order valence-corrected chi connectivity index (χ4v) is 2.41. The molecule has 0 fully saturated rings. The molecule has 23 heavy (non-hydrogen) atoms. The zero-order chi connectivity index (χ0) is 15.6. The number of aromatic amines is 1. The molecule has 0 unspecified atom stereocenters. The largest absolute Gasteiger partial charge is 0.363 e. The number of rotatable bonds is 4. The van der Waals surface area contributed by atoms with Crippen molar-refractivity contribution in [1.29, 1.82) is 0 Å². The highest BCUT2D eigenvalue weighted by atomic mass is 19.1. The van der Waals surface area contributed by atoms with Gasteiger partial charge in [0.25, 0.3) is 0 Å². The Morgan fingerprint density at radius 2 is 2.09 bits per heavy atom. The Morgan fingerprint density at radius 3 is 2.91 bits per heavy atom. The zero-order valence-electron chi connectivity index (χ0n) is 12.1. The lowest BCUT2D eigenvalue weighted by molar-refractivity contribution is 0.630. The summed E-state index contributed by atoms with van der Waals surface area (Å²) in [6.07, 6.45) is 5.11. The first-order valence-corrected chi connectivity index (χ1v) is 7.13. The first-order chi connectivity index (χ1) is 11.3. The molecule has 0 saturated heterocycles. The molecule has 1 aromatic carbocycles.